The smallest absolute Gasteiger partial charge is 0.376 e. The Bertz CT molecular complexity index is 959. The van der Waals surface area contributed by atoms with E-state index in [0.717, 1.165) is 27.7 Å². The molecule has 4 rings (SSSR count). The van der Waals surface area contributed by atoms with Gasteiger partial charge in [-0.2, -0.15) is 18.3 Å². The third-order valence-corrected chi connectivity index (χ3v) is 5.13. The fourth-order valence-electron chi connectivity index (χ4n) is 3.67. The van der Waals surface area contributed by atoms with Crippen LogP contribution < -0.4 is 0 Å². The second kappa shape index (κ2) is 7.68. The van der Waals surface area contributed by atoms with Crippen molar-refractivity contribution in [2.45, 2.75) is 38.8 Å². The third-order valence-electron chi connectivity index (χ3n) is 5.13. The van der Waals surface area contributed by atoms with Crippen molar-refractivity contribution in [2.75, 3.05) is 13.2 Å². The summed E-state index contributed by atoms with van der Waals surface area (Å²) in [6.07, 6.45) is -5.05. The first kappa shape index (κ1) is 19.7. The van der Waals surface area contributed by atoms with Crippen LogP contribution in [-0.2, 0) is 22.3 Å². The fraction of sp³-hybridized carbons (Fsp3) is 0.381. The number of aromatic nitrogens is 3. The number of aryl methyl sites for hydroxylation is 2. The van der Waals surface area contributed by atoms with E-state index in [9.17, 15) is 13.2 Å². The van der Waals surface area contributed by atoms with E-state index in [1.54, 1.807) is 4.57 Å². The van der Waals surface area contributed by atoms with Gasteiger partial charge in [-0.25, -0.2) is 0 Å². The lowest BCUT2D eigenvalue weighted by Gasteiger charge is -2.21. The Balaban J connectivity index is 1.65. The van der Waals surface area contributed by atoms with E-state index >= 15 is 0 Å². The molecular formula is C21H22F3N3O2. The minimum Gasteiger partial charge on any atom is -0.376 e. The second-order valence-electron chi connectivity index (χ2n) is 7.22. The largest absolute Gasteiger partial charge is 0.433 e. The first-order valence-corrected chi connectivity index (χ1v) is 9.40. The molecular weight excluding hydrogens is 383 g/mol. The molecule has 1 aliphatic rings. The fourth-order valence-corrected chi connectivity index (χ4v) is 3.67. The molecule has 0 N–H and O–H groups in total. The van der Waals surface area contributed by atoms with Crippen molar-refractivity contribution in [3.05, 3.63) is 71.2 Å². The van der Waals surface area contributed by atoms with Gasteiger partial charge in [-0.1, -0.05) is 30.3 Å². The summed E-state index contributed by atoms with van der Waals surface area (Å²) >= 11 is 0. The maximum Gasteiger partial charge on any atom is 0.433 e. The summed E-state index contributed by atoms with van der Waals surface area (Å²) in [5, 5.41) is 4.33. The molecule has 0 spiro atoms. The summed E-state index contributed by atoms with van der Waals surface area (Å²) in [5.74, 6) is 0.242. The number of ether oxygens (including phenoxy) is 2. The van der Waals surface area contributed by atoms with Crippen LogP contribution in [0.15, 0.2) is 48.5 Å². The van der Waals surface area contributed by atoms with Gasteiger partial charge in [-0.05, 0) is 31.5 Å². The minimum atomic E-state index is -4.53. The molecule has 0 saturated carbocycles. The van der Waals surface area contributed by atoms with Crippen molar-refractivity contribution in [1.29, 1.82) is 0 Å². The molecule has 2 aromatic heterocycles. The van der Waals surface area contributed by atoms with Crippen molar-refractivity contribution in [3.63, 3.8) is 0 Å². The maximum atomic E-state index is 13.8. The van der Waals surface area contributed by atoms with E-state index in [0.29, 0.717) is 6.61 Å². The normalized spacial score (nSPS) is 19.8. The van der Waals surface area contributed by atoms with Gasteiger partial charge in [0.25, 0.3) is 0 Å². The summed E-state index contributed by atoms with van der Waals surface area (Å²) in [7, 11) is 0. The van der Waals surface area contributed by atoms with Crippen LogP contribution in [-0.4, -0.2) is 33.7 Å². The summed E-state index contributed by atoms with van der Waals surface area (Å²) < 4.78 is 55.5. The molecule has 5 nitrogen and oxygen atoms in total. The number of hydrogen-bond acceptors (Lipinski definition) is 3. The zero-order chi connectivity index (χ0) is 20.6. The number of rotatable bonds is 5. The van der Waals surface area contributed by atoms with E-state index in [2.05, 4.69) is 5.10 Å². The standard InChI is InChI=1S/C21H22F3N3O2/c1-14-8-9-15(2)26(14)20-10-19(21(22,23)24)27(25-20)17-12-28-13-18(17)29-11-16-6-4-3-5-7-16/h3-10,17-18H,11-13H2,1-2H3. The highest BCUT2D eigenvalue weighted by Gasteiger charge is 2.41. The Hall–Kier alpha value is -2.58. The second-order valence-corrected chi connectivity index (χ2v) is 7.22. The number of benzene rings is 1. The third kappa shape index (κ3) is 3.95. The van der Waals surface area contributed by atoms with Crippen LogP contribution in [0.4, 0.5) is 13.2 Å². The highest BCUT2D eigenvalue weighted by molar-refractivity contribution is 5.34. The molecule has 8 heteroatoms. The van der Waals surface area contributed by atoms with Crippen molar-refractivity contribution >= 4 is 0 Å². The Morgan fingerprint density at radius 2 is 1.76 bits per heavy atom. The van der Waals surface area contributed by atoms with Crippen LogP contribution in [0, 0.1) is 13.8 Å². The molecule has 29 heavy (non-hydrogen) atoms. The molecule has 2 atom stereocenters. The molecule has 3 aromatic rings. The Kier molecular flexibility index (Phi) is 5.23. The summed E-state index contributed by atoms with van der Waals surface area (Å²) in [4.78, 5) is 0. The predicted octanol–water partition coefficient (Wildman–Crippen LogP) is 4.47. The molecule has 3 heterocycles. The summed E-state index contributed by atoms with van der Waals surface area (Å²) in [5.41, 5.74) is 1.79. The van der Waals surface area contributed by atoms with Gasteiger partial charge in [-0.15, -0.1) is 0 Å². The highest BCUT2D eigenvalue weighted by atomic mass is 19.4. The highest BCUT2D eigenvalue weighted by Crippen LogP contribution is 2.35. The van der Waals surface area contributed by atoms with Crippen LogP contribution in [0.25, 0.3) is 5.82 Å². The van der Waals surface area contributed by atoms with Gasteiger partial charge in [0.2, 0.25) is 0 Å². The van der Waals surface area contributed by atoms with Crippen molar-refractivity contribution in [1.82, 2.24) is 14.3 Å². The Labute approximate surface area is 166 Å². The summed E-state index contributed by atoms with van der Waals surface area (Å²) in [6.45, 7) is 4.32. The van der Waals surface area contributed by atoms with Gasteiger partial charge in [0.15, 0.2) is 5.82 Å². The molecule has 0 radical (unpaired) electrons. The number of halogens is 3. The molecule has 154 valence electrons. The average molecular weight is 405 g/mol. The van der Waals surface area contributed by atoms with Crippen molar-refractivity contribution in [2.24, 2.45) is 0 Å². The zero-order valence-corrected chi connectivity index (χ0v) is 16.2. The maximum absolute atomic E-state index is 13.8. The van der Waals surface area contributed by atoms with Crippen LogP contribution in [0.1, 0.15) is 28.7 Å². The van der Waals surface area contributed by atoms with Crippen LogP contribution >= 0.6 is 0 Å². The quantitative estimate of drug-likeness (QED) is 0.629. The van der Waals surface area contributed by atoms with E-state index in [1.807, 2.05) is 56.3 Å². The van der Waals surface area contributed by atoms with Gasteiger partial charge < -0.3 is 14.0 Å². The molecule has 0 amide bonds. The van der Waals surface area contributed by atoms with Crippen molar-refractivity contribution in [3.8, 4) is 5.82 Å². The SMILES string of the molecule is Cc1ccc(C)n1-c1cc(C(F)(F)F)n(C2COCC2OCc2ccccc2)n1. The molecule has 0 aliphatic carbocycles. The summed E-state index contributed by atoms with van der Waals surface area (Å²) in [6, 6.07) is 13.7. The first-order chi connectivity index (χ1) is 13.8. The number of hydrogen-bond donors (Lipinski definition) is 0. The average Bonchev–Trinajstić information content (AvgIpc) is 3.38. The lowest BCUT2D eigenvalue weighted by atomic mass is 10.2. The monoisotopic (exact) mass is 405 g/mol. The lowest BCUT2D eigenvalue weighted by molar-refractivity contribution is -0.145. The van der Waals surface area contributed by atoms with Gasteiger partial charge in [-0.3, -0.25) is 4.68 Å². The molecule has 1 aromatic carbocycles. The van der Waals surface area contributed by atoms with E-state index < -0.39 is 24.0 Å². The Morgan fingerprint density at radius 1 is 1.07 bits per heavy atom. The first-order valence-electron chi connectivity index (χ1n) is 9.40. The zero-order valence-electron chi connectivity index (χ0n) is 16.2. The minimum absolute atomic E-state index is 0.118. The van der Waals surface area contributed by atoms with Crippen molar-refractivity contribution < 1.29 is 22.6 Å². The van der Waals surface area contributed by atoms with Gasteiger partial charge >= 0.3 is 6.18 Å². The van der Waals surface area contributed by atoms with Crippen LogP contribution in [0.3, 0.4) is 0 Å². The van der Waals surface area contributed by atoms with Gasteiger partial charge in [0.1, 0.15) is 17.8 Å². The molecule has 2 unspecified atom stereocenters. The van der Waals surface area contributed by atoms with Gasteiger partial charge in [0, 0.05) is 17.5 Å². The predicted molar refractivity (Wildman–Crippen MR) is 101 cm³/mol. The number of nitrogens with zero attached hydrogens (tertiary/aromatic N) is 3. The Morgan fingerprint density at radius 3 is 2.41 bits per heavy atom. The molecule has 0 bridgehead atoms. The molecule has 1 aliphatic heterocycles. The molecule has 1 saturated heterocycles. The number of alkyl halides is 3. The van der Waals surface area contributed by atoms with Crippen LogP contribution in [0.5, 0.6) is 0 Å². The molecule has 1 fully saturated rings. The van der Waals surface area contributed by atoms with Gasteiger partial charge in [0.05, 0.1) is 19.8 Å². The van der Waals surface area contributed by atoms with Crippen LogP contribution in [0.2, 0.25) is 0 Å². The lowest BCUT2D eigenvalue weighted by Crippen LogP contribution is -2.29. The van der Waals surface area contributed by atoms with E-state index in [4.69, 9.17) is 9.47 Å². The topological polar surface area (TPSA) is 41.2 Å². The van der Waals surface area contributed by atoms with E-state index in [1.165, 1.54) is 0 Å². The van der Waals surface area contributed by atoms with E-state index in [-0.39, 0.29) is 19.0 Å².